The Hall–Kier alpha value is -2.14. The lowest BCUT2D eigenvalue weighted by Gasteiger charge is -2.29. The molecule has 0 bridgehead atoms. The van der Waals surface area contributed by atoms with Crippen LogP contribution in [0, 0.1) is 5.92 Å². The first-order chi connectivity index (χ1) is 11.1. The molecule has 1 saturated heterocycles. The third-order valence-corrected chi connectivity index (χ3v) is 4.84. The van der Waals surface area contributed by atoms with Crippen LogP contribution in [-0.4, -0.2) is 41.2 Å². The van der Waals surface area contributed by atoms with E-state index in [9.17, 15) is 9.59 Å². The van der Waals surface area contributed by atoms with Crippen molar-refractivity contribution < 1.29 is 9.59 Å². The molecule has 5 nitrogen and oxygen atoms in total. The fraction of sp³-hybridized carbons (Fsp3) is 0.444. The summed E-state index contributed by atoms with van der Waals surface area (Å²) in [4.78, 5) is 29.2. The Balaban J connectivity index is 1.71. The molecule has 1 aromatic carbocycles. The second-order valence-corrected chi connectivity index (χ2v) is 6.27. The number of hydrogen-bond donors (Lipinski definition) is 2. The van der Waals surface area contributed by atoms with Gasteiger partial charge in [0.05, 0.1) is 6.54 Å². The molecule has 3 N–H and O–H groups in total. The number of aromatic nitrogens is 1. The molecule has 122 valence electrons. The van der Waals surface area contributed by atoms with Gasteiger partial charge in [-0.1, -0.05) is 25.1 Å². The SMILES string of the molecule is CCc1cccc2c(C(=O)CN3CCC(C(N)=O)CC3)c[nH]c12. The Bertz CT molecular complexity index is 727. The number of nitrogens with two attached hydrogens (primary N) is 1. The van der Waals surface area contributed by atoms with Gasteiger partial charge in [0, 0.05) is 28.6 Å². The van der Waals surface area contributed by atoms with Crippen molar-refractivity contribution in [1.29, 1.82) is 0 Å². The van der Waals surface area contributed by atoms with Crippen LogP contribution >= 0.6 is 0 Å². The molecule has 1 fully saturated rings. The van der Waals surface area contributed by atoms with E-state index in [1.165, 1.54) is 5.56 Å². The first-order valence-corrected chi connectivity index (χ1v) is 8.24. The zero-order valence-corrected chi connectivity index (χ0v) is 13.5. The number of nitrogens with one attached hydrogen (secondary N) is 1. The Labute approximate surface area is 135 Å². The summed E-state index contributed by atoms with van der Waals surface area (Å²) >= 11 is 0. The highest BCUT2D eigenvalue weighted by molar-refractivity contribution is 6.09. The first-order valence-electron chi connectivity index (χ1n) is 8.24. The van der Waals surface area contributed by atoms with Crippen molar-refractivity contribution in [2.45, 2.75) is 26.2 Å². The summed E-state index contributed by atoms with van der Waals surface area (Å²) in [5.41, 5.74) is 8.40. The summed E-state index contributed by atoms with van der Waals surface area (Å²) < 4.78 is 0. The molecular weight excluding hydrogens is 290 g/mol. The molecule has 5 heteroatoms. The van der Waals surface area contributed by atoms with Crippen molar-refractivity contribution in [2.75, 3.05) is 19.6 Å². The van der Waals surface area contributed by atoms with E-state index in [4.69, 9.17) is 5.73 Å². The maximum Gasteiger partial charge on any atom is 0.220 e. The van der Waals surface area contributed by atoms with E-state index < -0.39 is 0 Å². The van der Waals surface area contributed by atoms with Crippen LogP contribution in [0.2, 0.25) is 0 Å². The lowest BCUT2D eigenvalue weighted by Crippen LogP contribution is -2.40. The second-order valence-electron chi connectivity index (χ2n) is 6.27. The zero-order valence-electron chi connectivity index (χ0n) is 13.5. The highest BCUT2D eigenvalue weighted by Gasteiger charge is 2.25. The van der Waals surface area contributed by atoms with E-state index >= 15 is 0 Å². The fourth-order valence-corrected chi connectivity index (χ4v) is 3.41. The average molecular weight is 313 g/mol. The van der Waals surface area contributed by atoms with Crippen molar-refractivity contribution in [3.63, 3.8) is 0 Å². The van der Waals surface area contributed by atoms with Crippen molar-refractivity contribution in [1.82, 2.24) is 9.88 Å². The van der Waals surface area contributed by atoms with E-state index in [2.05, 4.69) is 22.9 Å². The van der Waals surface area contributed by atoms with Crippen LogP contribution in [0.3, 0.4) is 0 Å². The number of H-pyrrole nitrogens is 1. The van der Waals surface area contributed by atoms with Gasteiger partial charge in [-0.3, -0.25) is 14.5 Å². The highest BCUT2D eigenvalue weighted by atomic mass is 16.1. The van der Waals surface area contributed by atoms with Crippen LogP contribution in [0.25, 0.3) is 10.9 Å². The Kier molecular flexibility index (Phi) is 4.48. The summed E-state index contributed by atoms with van der Waals surface area (Å²) in [5.74, 6) is -0.136. The molecule has 1 aliphatic heterocycles. The molecule has 0 saturated carbocycles. The van der Waals surface area contributed by atoms with Gasteiger partial charge in [0.25, 0.3) is 0 Å². The van der Waals surface area contributed by atoms with Crippen LogP contribution in [0.5, 0.6) is 0 Å². The van der Waals surface area contributed by atoms with Crippen LogP contribution in [0.4, 0.5) is 0 Å². The number of fused-ring (bicyclic) bond motifs is 1. The minimum absolute atomic E-state index is 0.0402. The molecule has 1 aliphatic rings. The minimum atomic E-state index is -0.222. The fourth-order valence-electron chi connectivity index (χ4n) is 3.41. The first kappa shape index (κ1) is 15.7. The number of amides is 1. The number of likely N-dealkylation sites (tertiary alicyclic amines) is 1. The van der Waals surface area contributed by atoms with Crippen molar-refractivity contribution >= 4 is 22.6 Å². The van der Waals surface area contributed by atoms with Gasteiger partial charge in [-0.2, -0.15) is 0 Å². The monoisotopic (exact) mass is 313 g/mol. The topological polar surface area (TPSA) is 79.2 Å². The van der Waals surface area contributed by atoms with E-state index in [0.717, 1.165) is 48.8 Å². The number of piperidine rings is 1. The number of primary amides is 1. The van der Waals surface area contributed by atoms with Gasteiger partial charge in [0.2, 0.25) is 5.91 Å². The van der Waals surface area contributed by atoms with Crippen LogP contribution in [0.1, 0.15) is 35.7 Å². The largest absolute Gasteiger partial charge is 0.369 e. The van der Waals surface area contributed by atoms with Crippen LogP contribution < -0.4 is 5.73 Å². The summed E-state index contributed by atoms with van der Waals surface area (Å²) in [7, 11) is 0. The smallest absolute Gasteiger partial charge is 0.220 e. The Morgan fingerprint density at radius 3 is 2.70 bits per heavy atom. The number of aromatic amines is 1. The quantitative estimate of drug-likeness (QED) is 0.830. The van der Waals surface area contributed by atoms with Gasteiger partial charge in [-0.05, 0) is 37.9 Å². The molecule has 1 aromatic heterocycles. The normalized spacial score (nSPS) is 16.7. The molecule has 2 heterocycles. The Morgan fingerprint density at radius 2 is 2.04 bits per heavy atom. The van der Waals surface area contributed by atoms with Gasteiger partial charge in [-0.15, -0.1) is 0 Å². The number of aryl methyl sites for hydroxylation is 1. The summed E-state index contributed by atoms with van der Waals surface area (Å²) in [6.07, 6.45) is 4.25. The molecular formula is C18H23N3O2. The van der Waals surface area contributed by atoms with Crippen molar-refractivity contribution in [3.05, 3.63) is 35.5 Å². The van der Waals surface area contributed by atoms with Crippen LogP contribution in [-0.2, 0) is 11.2 Å². The zero-order chi connectivity index (χ0) is 16.4. The average Bonchev–Trinajstić information content (AvgIpc) is 2.99. The minimum Gasteiger partial charge on any atom is -0.369 e. The van der Waals surface area contributed by atoms with Gasteiger partial charge < -0.3 is 10.7 Å². The number of hydrogen-bond acceptors (Lipinski definition) is 3. The van der Waals surface area contributed by atoms with Crippen molar-refractivity contribution in [3.8, 4) is 0 Å². The maximum absolute atomic E-state index is 12.6. The summed E-state index contributed by atoms with van der Waals surface area (Å²) in [6, 6.07) is 6.09. The molecule has 2 aromatic rings. The molecule has 23 heavy (non-hydrogen) atoms. The number of carbonyl (C=O) groups excluding carboxylic acids is 2. The van der Waals surface area contributed by atoms with E-state index in [1.54, 1.807) is 0 Å². The lowest BCUT2D eigenvalue weighted by atomic mass is 9.96. The van der Waals surface area contributed by atoms with Crippen molar-refractivity contribution in [2.24, 2.45) is 11.7 Å². The van der Waals surface area contributed by atoms with Gasteiger partial charge in [0.1, 0.15) is 0 Å². The number of nitrogens with zero attached hydrogens (tertiary/aromatic N) is 1. The third kappa shape index (κ3) is 3.15. The molecule has 0 atom stereocenters. The van der Waals surface area contributed by atoms with E-state index in [1.807, 2.05) is 18.3 Å². The van der Waals surface area contributed by atoms with E-state index in [0.29, 0.717) is 6.54 Å². The van der Waals surface area contributed by atoms with Gasteiger partial charge in [-0.25, -0.2) is 0 Å². The number of benzene rings is 1. The van der Waals surface area contributed by atoms with Crippen LogP contribution in [0.15, 0.2) is 24.4 Å². The molecule has 0 spiro atoms. The maximum atomic E-state index is 12.6. The Morgan fingerprint density at radius 1 is 1.30 bits per heavy atom. The molecule has 0 radical (unpaired) electrons. The third-order valence-electron chi connectivity index (χ3n) is 4.84. The second kappa shape index (κ2) is 6.54. The number of rotatable bonds is 5. The molecule has 1 amide bonds. The van der Waals surface area contributed by atoms with Gasteiger partial charge >= 0.3 is 0 Å². The van der Waals surface area contributed by atoms with Gasteiger partial charge in [0.15, 0.2) is 5.78 Å². The predicted molar refractivity (Wildman–Crippen MR) is 90.4 cm³/mol. The summed E-state index contributed by atoms with van der Waals surface area (Å²) in [6.45, 7) is 4.01. The predicted octanol–water partition coefficient (Wildman–Crippen LogP) is 2.11. The number of carbonyl (C=O) groups is 2. The molecule has 0 aliphatic carbocycles. The lowest BCUT2D eigenvalue weighted by molar-refractivity contribution is -0.123. The number of ketones is 1. The highest BCUT2D eigenvalue weighted by Crippen LogP contribution is 2.23. The molecule has 0 unspecified atom stereocenters. The van der Waals surface area contributed by atoms with E-state index in [-0.39, 0.29) is 17.6 Å². The summed E-state index contributed by atoms with van der Waals surface area (Å²) in [5, 5.41) is 1.00. The standard InChI is InChI=1S/C18H23N3O2/c1-2-12-4-3-5-14-15(10-20-17(12)14)16(22)11-21-8-6-13(7-9-21)18(19)23/h3-5,10,13,20H,2,6-9,11H2,1H3,(H2,19,23). The molecule has 3 rings (SSSR count). The number of para-hydroxylation sites is 1. The number of Topliss-reactive ketones (excluding diaryl/α,β-unsaturated/α-hetero) is 1.